The second kappa shape index (κ2) is 9.86. The molecule has 4 aromatic rings. The van der Waals surface area contributed by atoms with Gasteiger partial charge >= 0.3 is 6.18 Å². The molecule has 6 nitrogen and oxygen atoms in total. The molecule has 0 aliphatic heterocycles. The van der Waals surface area contributed by atoms with Crippen LogP contribution in [0.4, 0.5) is 24.9 Å². The minimum Gasteiger partial charge on any atom is -0.361 e. The van der Waals surface area contributed by atoms with Crippen LogP contribution in [0.25, 0.3) is 22.5 Å². The lowest BCUT2D eigenvalue weighted by molar-refractivity contribution is -0.137. The van der Waals surface area contributed by atoms with E-state index in [-0.39, 0.29) is 0 Å². The average Bonchev–Trinajstić information content (AvgIpc) is 2.84. The van der Waals surface area contributed by atoms with Gasteiger partial charge in [-0.15, -0.1) is 10.2 Å². The Kier molecular flexibility index (Phi) is 6.72. The van der Waals surface area contributed by atoms with E-state index >= 15 is 0 Å². The molecule has 34 heavy (non-hydrogen) atoms. The third-order valence-electron chi connectivity index (χ3n) is 5.17. The van der Waals surface area contributed by atoms with Crippen LogP contribution in [0, 0.1) is 0 Å². The summed E-state index contributed by atoms with van der Waals surface area (Å²) < 4.78 is 39.9. The van der Waals surface area contributed by atoms with Crippen molar-refractivity contribution in [2.24, 2.45) is 0 Å². The van der Waals surface area contributed by atoms with Crippen molar-refractivity contribution in [2.45, 2.75) is 12.6 Å². The molecule has 2 aromatic carbocycles. The molecular weight excluding hydrogens is 441 g/mol. The second-order valence-corrected chi connectivity index (χ2v) is 7.87. The zero-order valence-electron chi connectivity index (χ0n) is 18.7. The average molecular weight is 464 g/mol. The Morgan fingerprint density at radius 2 is 1.71 bits per heavy atom. The third-order valence-corrected chi connectivity index (χ3v) is 5.17. The molecule has 0 bridgehead atoms. The van der Waals surface area contributed by atoms with Crippen LogP contribution in [-0.2, 0) is 12.6 Å². The molecular formula is C25H23F3N6. The van der Waals surface area contributed by atoms with Crippen LogP contribution in [0.5, 0.6) is 0 Å². The maximum Gasteiger partial charge on any atom is 0.416 e. The maximum absolute atomic E-state index is 13.3. The largest absolute Gasteiger partial charge is 0.416 e. The van der Waals surface area contributed by atoms with Crippen molar-refractivity contribution in [3.05, 3.63) is 84.1 Å². The molecule has 0 spiro atoms. The summed E-state index contributed by atoms with van der Waals surface area (Å²) in [6.07, 6.45) is -2.05. The van der Waals surface area contributed by atoms with Crippen LogP contribution in [0.15, 0.2) is 72.9 Å². The third kappa shape index (κ3) is 5.48. The Balaban J connectivity index is 1.68. The number of nitrogens with zero attached hydrogens (tertiary/aromatic N) is 5. The van der Waals surface area contributed by atoms with Gasteiger partial charge < -0.3 is 10.2 Å². The van der Waals surface area contributed by atoms with Crippen molar-refractivity contribution >= 4 is 11.8 Å². The molecule has 0 fully saturated rings. The molecule has 0 aliphatic carbocycles. The van der Waals surface area contributed by atoms with Crippen LogP contribution >= 0.6 is 0 Å². The van der Waals surface area contributed by atoms with Crippen molar-refractivity contribution in [1.82, 2.24) is 20.2 Å². The molecule has 9 heteroatoms. The smallest absolute Gasteiger partial charge is 0.361 e. The number of rotatable bonds is 7. The second-order valence-electron chi connectivity index (χ2n) is 7.87. The van der Waals surface area contributed by atoms with E-state index in [1.807, 2.05) is 44.4 Å². The SMILES string of the molecule is CN(C)c1cc(-c2ccnc(NCCc3ccccc3)n2)c(-c2cccc(C(F)(F)F)c2)nn1. The highest BCUT2D eigenvalue weighted by atomic mass is 19.4. The molecule has 0 aliphatic rings. The number of halogens is 3. The van der Waals surface area contributed by atoms with Crippen LogP contribution in [-0.4, -0.2) is 40.8 Å². The van der Waals surface area contributed by atoms with Crippen molar-refractivity contribution in [3.8, 4) is 22.5 Å². The molecule has 0 saturated carbocycles. The van der Waals surface area contributed by atoms with Crippen LogP contribution in [0.1, 0.15) is 11.1 Å². The van der Waals surface area contributed by atoms with Crippen molar-refractivity contribution in [3.63, 3.8) is 0 Å². The number of hydrogen-bond donors (Lipinski definition) is 1. The van der Waals surface area contributed by atoms with E-state index in [0.29, 0.717) is 40.8 Å². The molecule has 0 atom stereocenters. The lowest BCUT2D eigenvalue weighted by atomic mass is 10.0. The van der Waals surface area contributed by atoms with Gasteiger partial charge in [0.1, 0.15) is 5.69 Å². The zero-order chi connectivity index (χ0) is 24.1. The standard InChI is InChI=1S/C25H23F3N6/c1-34(2)22-16-20(23(33-32-22)18-9-6-10-19(15-18)25(26,27)28)21-12-14-30-24(31-21)29-13-11-17-7-4-3-5-8-17/h3-10,12,14-16H,11,13H2,1-2H3,(H,29,30,31). The lowest BCUT2D eigenvalue weighted by Gasteiger charge is -2.15. The predicted molar refractivity (Wildman–Crippen MR) is 126 cm³/mol. The Hall–Kier alpha value is -4.01. The molecule has 0 unspecified atom stereocenters. The summed E-state index contributed by atoms with van der Waals surface area (Å²) in [6.45, 7) is 0.630. The minimum absolute atomic E-state index is 0.305. The summed E-state index contributed by atoms with van der Waals surface area (Å²) in [7, 11) is 3.63. The molecule has 1 N–H and O–H groups in total. The summed E-state index contributed by atoms with van der Waals surface area (Å²) in [5.74, 6) is 0.981. The van der Waals surface area contributed by atoms with Gasteiger partial charge in [-0.25, -0.2) is 9.97 Å². The van der Waals surface area contributed by atoms with Gasteiger partial charge in [0.05, 0.1) is 11.3 Å². The van der Waals surface area contributed by atoms with E-state index in [2.05, 4.69) is 25.5 Å². The van der Waals surface area contributed by atoms with Gasteiger partial charge in [-0.2, -0.15) is 13.2 Å². The monoisotopic (exact) mass is 464 g/mol. The first-order valence-corrected chi connectivity index (χ1v) is 10.6. The molecule has 0 radical (unpaired) electrons. The van der Waals surface area contributed by atoms with Gasteiger partial charge in [-0.05, 0) is 36.2 Å². The molecule has 2 heterocycles. The normalized spacial score (nSPS) is 11.3. The van der Waals surface area contributed by atoms with Crippen LogP contribution in [0.2, 0.25) is 0 Å². The fraction of sp³-hybridized carbons (Fsp3) is 0.200. The molecule has 2 aromatic heterocycles. The minimum atomic E-state index is -4.46. The van der Waals surface area contributed by atoms with Crippen molar-refractivity contribution in [1.29, 1.82) is 0 Å². The summed E-state index contributed by atoms with van der Waals surface area (Å²) in [4.78, 5) is 10.7. The summed E-state index contributed by atoms with van der Waals surface area (Å²) in [5.41, 5.74) is 2.15. The van der Waals surface area contributed by atoms with Gasteiger partial charge in [0.25, 0.3) is 0 Å². The molecule has 4 rings (SSSR count). The highest BCUT2D eigenvalue weighted by Gasteiger charge is 2.31. The first-order valence-electron chi connectivity index (χ1n) is 10.6. The Bertz CT molecular complexity index is 1260. The molecule has 174 valence electrons. The molecule has 0 amide bonds. The predicted octanol–water partition coefficient (Wildman–Crippen LogP) is 5.34. The fourth-order valence-corrected chi connectivity index (χ4v) is 3.41. The number of nitrogens with one attached hydrogen (secondary N) is 1. The van der Waals surface area contributed by atoms with Crippen molar-refractivity contribution in [2.75, 3.05) is 30.9 Å². The van der Waals surface area contributed by atoms with Crippen molar-refractivity contribution < 1.29 is 13.2 Å². The number of alkyl halides is 3. The summed E-state index contributed by atoms with van der Waals surface area (Å²) in [5, 5.41) is 11.6. The Labute approximate surface area is 195 Å². The number of benzene rings is 2. The first-order chi connectivity index (χ1) is 16.3. The zero-order valence-corrected chi connectivity index (χ0v) is 18.7. The Morgan fingerprint density at radius 3 is 2.44 bits per heavy atom. The van der Waals surface area contributed by atoms with E-state index in [4.69, 9.17) is 0 Å². The highest BCUT2D eigenvalue weighted by Crippen LogP contribution is 2.35. The van der Waals surface area contributed by atoms with E-state index in [1.165, 1.54) is 11.6 Å². The fourth-order valence-electron chi connectivity index (χ4n) is 3.41. The first kappa shape index (κ1) is 23.2. The number of anilines is 2. The molecule has 0 saturated heterocycles. The van der Waals surface area contributed by atoms with E-state index in [0.717, 1.165) is 18.6 Å². The van der Waals surface area contributed by atoms with Crippen LogP contribution in [0.3, 0.4) is 0 Å². The number of hydrogen-bond acceptors (Lipinski definition) is 6. The van der Waals surface area contributed by atoms with Gasteiger partial charge in [-0.3, -0.25) is 0 Å². The summed E-state index contributed by atoms with van der Waals surface area (Å²) in [6, 6.07) is 18.6. The van der Waals surface area contributed by atoms with E-state index < -0.39 is 11.7 Å². The van der Waals surface area contributed by atoms with E-state index in [1.54, 1.807) is 29.3 Å². The van der Waals surface area contributed by atoms with Crippen LogP contribution < -0.4 is 10.2 Å². The summed E-state index contributed by atoms with van der Waals surface area (Å²) >= 11 is 0. The highest BCUT2D eigenvalue weighted by molar-refractivity contribution is 5.80. The Morgan fingerprint density at radius 1 is 0.912 bits per heavy atom. The van der Waals surface area contributed by atoms with E-state index in [9.17, 15) is 13.2 Å². The quantitative estimate of drug-likeness (QED) is 0.398. The topological polar surface area (TPSA) is 66.8 Å². The van der Waals surface area contributed by atoms with Gasteiger partial charge in [0, 0.05) is 38.0 Å². The van der Waals surface area contributed by atoms with Gasteiger partial charge in [0.15, 0.2) is 5.82 Å². The van der Waals surface area contributed by atoms with Gasteiger partial charge in [-0.1, -0.05) is 42.5 Å². The van der Waals surface area contributed by atoms with Gasteiger partial charge in [0.2, 0.25) is 5.95 Å². The maximum atomic E-state index is 13.3. The lowest BCUT2D eigenvalue weighted by Crippen LogP contribution is -2.12. The number of aromatic nitrogens is 4.